The lowest BCUT2D eigenvalue weighted by Gasteiger charge is -2.16. The summed E-state index contributed by atoms with van der Waals surface area (Å²) < 4.78 is 28.1. The van der Waals surface area contributed by atoms with E-state index in [1.165, 1.54) is 0 Å². The summed E-state index contributed by atoms with van der Waals surface area (Å²) >= 11 is 0. The van der Waals surface area contributed by atoms with Crippen molar-refractivity contribution in [2.75, 3.05) is 16.2 Å². The Morgan fingerprint density at radius 2 is 1.68 bits per heavy atom. The molecular formula is C26H27N3O4S. The first kappa shape index (κ1) is 23.5. The summed E-state index contributed by atoms with van der Waals surface area (Å²) in [4.78, 5) is 26.4. The highest BCUT2D eigenvalue weighted by Crippen LogP contribution is 2.22. The van der Waals surface area contributed by atoms with E-state index in [0.717, 1.165) is 29.8 Å². The second-order valence-electron chi connectivity index (χ2n) is 8.45. The SMILES string of the molecule is Cc1ccc(C)c(S(=O)(=O)Nc2ccc(C(=O)NCc3ccc(N4CCCC4=O)cc3)cc2)c1. The van der Waals surface area contributed by atoms with Crippen molar-refractivity contribution in [3.8, 4) is 0 Å². The molecule has 8 heteroatoms. The van der Waals surface area contributed by atoms with Crippen LogP contribution in [-0.2, 0) is 21.4 Å². The van der Waals surface area contributed by atoms with Crippen LogP contribution >= 0.6 is 0 Å². The Morgan fingerprint density at radius 3 is 2.32 bits per heavy atom. The van der Waals surface area contributed by atoms with E-state index in [-0.39, 0.29) is 16.7 Å². The molecule has 0 aromatic heterocycles. The molecule has 0 bridgehead atoms. The van der Waals surface area contributed by atoms with Gasteiger partial charge in [0.2, 0.25) is 5.91 Å². The van der Waals surface area contributed by atoms with Gasteiger partial charge in [-0.3, -0.25) is 14.3 Å². The standard InChI is InChI=1S/C26H27N3O4S/c1-18-5-6-19(2)24(16-18)34(32,33)28-22-11-9-21(10-12-22)26(31)27-17-20-7-13-23(14-8-20)29-15-3-4-25(29)30/h5-14,16,28H,3-4,15,17H2,1-2H3,(H,27,31). The minimum absolute atomic E-state index is 0.140. The zero-order chi connectivity index (χ0) is 24.3. The summed E-state index contributed by atoms with van der Waals surface area (Å²) in [6.45, 7) is 4.68. The maximum atomic E-state index is 12.8. The van der Waals surface area contributed by atoms with Crippen LogP contribution in [0.25, 0.3) is 0 Å². The largest absolute Gasteiger partial charge is 0.348 e. The highest BCUT2D eigenvalue weighted by Gasteiger charge is 2.21. The minimum Gasteiger partial charge on any atom is -0.348 e. The van der Waals surface area contributed by atoms with Gasteiger partial charge in [-0.1, -0.05) is 24.3 Å². The van der Waals surface area contributed by atoms with Crippen molar-refractivity contribution >= 4 is 33.2 Å². The second kappa shape index (κ2) is 9.69. The molecule has 7 nitrogen and oxygen atoms in total. The Morgan fingerprint density at radius 1 is 0.971 bits per heavy atom. The molecule has 2 amide bonds. The number of carbonyl (C=O) groups is 2. The van der Waals surface area contributed by atoms with Gasteiger partial charge in [0.05, 0.1) is 4.90 Å². The van der Waals surface area contributed by atoms with E-state index in [0.29, 0.717) is 29.8 Å². The summed E-state index contributed by atoms with van der Waals surface area (Å²) in [5.74, 6) is -0.122. The van der Waals surface area contributed by atoms with Crippen LogP contribution in [0.2, 0.25) is 0 Å². The number of carbonyl (C=O) groups excluding carboxylic acids is 2. The molecule has 0 atom stereocenters. The molecule has 2 N–H and O–H groups in total. The number of aryl methyl sites for hydroxylation is 2. The molecule has 0 spiro atoms. The fraction of sp³-hybridized carbons (Fsp3) is 0.231. The molecule has 1 saturated heterocycles. The quantitative estimate of drug-likeness (QED) is 0.534. The number of benzene rings is 3. The van der Waals surface area contributed by atoms with Crippen LogP contribution in [0.1, 0.15) is 39.9 Å². The Bertz CT molecular complexity index is 1320. The van der Waals surface area contributed by atoms with E-state index < -0.39 is 10.0 Å². The van der Waals surface area contributed by atoms with Gasteiger partial charge in [0.15, 0.2) is 0 Å². The van der Waals surface area contributed by atoms with Gasteiger partial charge in [0, 0.05) is 36.4 Å². The average Bonchev–Trinajstić information content (AvgIpc) is 3.25. The molecule has 0 saturated carbocycles. The Kier molecular flexibility index (Phi) is 6.70. The molecule has 3 aromatic carbocycles. The number of amides is 2. The molecule has 0 aliphatic carbocycles. The number of rotatable bonds is 7. The molecule has 34 heavy (non-hydrogen) atoms. The van der Waals surface area contributed by atoms with Crippen LogP contribution in [0.15, 0.2) is 71.6 Å². The molecule has 1 fully saturated rings. The van der Waals surface area contributed by atoms with Gasteiger partial charge < -0.3 is 10.2 Å². The molecule has 176 valence electrons. The number of sulfonamides is 1. The first-order chi connectivity index (χ1) is 16.2. The third-order valence-electron chi connectivity index (χ3n) is 5.81. The predicted molar refractivity (Wildman–Crippen MR) is 132 cm³/mol. The van der Waals surface area contributed by atoms with E-state index in [9.17, 15) is 18.0 Å². The Labute approximate surface area is 199 Å². The van der Waals surface area contributed by atoms with Crippen molar-refractivity contribution in [1.82, 2.24) is 5.32 Å². The highest BCUT2D eigenvalue weighted by atomic mass is 32.2. The van der Waals surface area contributed by atoms with Gasteiger partial charge in [0.25, 0.3) is 15.9 Å². The number of nitrogens with zero attached hydrogens (tertiary/aromatic N) is 1. The van der Waals surface area contributed by atoms with Crippen molar-refractivity contribution in [2.45, 2.75) is 38.1 Å². The topological polar surface area (TPSA) is 95.6 Å². The monoisotopic (exact) mass is 477 g/mol. The minimum atomic E-state index is -3.73. The van der Waals surface area contributed by atoms with Crippen LogP contribution in [0.3, 0.4) is 0 Å². The van der Waals surface area contributed by atoms with Gasteiger partial charge in [-0.2, -0.15) is 0 Å². The van der Waals surface area contributed by atoms with E-state index in [4.69, 9.17) is 0 Å². The van der Waals surface area contributed by atoms with Crippen LogP contribution in [0.4, 0.5) is 11.4 Å². The fourth-order valence-corrected chi connectivity index (χ4v) is 5.29. The molecule has 1 aliphatic rings. The van der Waals surface area contributed by atoms with Crippen molar-refractivity contribution < 1.29 is 18.0 Å². The lowest BCUT2D eigenvalue weighted by Crippen LogP contribution is -2.24. The molecule has 4 rings (SSSR count). The third kappa shape index (κ3) is 5.28. The predicted octanol–water partition coefficient (Wildman–Crippen LogP) is 4.16. The molecule has 0 unspecified atom stereocenters. The van der Waals surface area contributed by atoms with Gasteiger partial charge in [0.1, 0.15) is 0 Å². The van der Waals surface area contributed by atoms with Crippen LogP contribution in [0, 0.1) is 13.8 Å². The summed E-state index contributed by atoms with van der Waals surface area (Å²) in [5.41, 5.74) is 4.11. The van der Waals surface area contributed by atoms with Gasteiger partial charge in [-0.25, -0.2) is 8.42 Å². The second-order valence-corrected chi connectivity index (χ2v) is 10.1. The van der Waals surface area contributed by atoms with Gasteiger partial charge >= 0.3 is 0 Å². The number of nitrogens with one attached hydrogen (secondary N) is 2. The third-order valence-corrected chi connectivity index (χ3v) is 7.33. The summed E-state index contributed by atoms with van der Waals surface area (Å²) in [6.07, 6.45) is 1.46. The van der Waals surface area contributed by atoms with Crippen molar-refractivity contribution in [2.24, 2.45) is 0 Å². The maximum absolute atomic E-state index is 12.8. The van der Waals surface area contributed by atoms with E-state index in [2.05, 4.69) is 10.0 Å². The lowest BCUT2D eigenvalue weighted by atomic mass is 10.1. The summed E-state index contributed by atoms with van der Waals surface area (Å²) in [6, 6.07) is 19.1. The van der Waals surface area contributed by atoms with E-state index in [1.54, 1.807) is 48.2 Å². The van der Waals surface area contributed by atoms with Crippen molar-refractivity contribution in [3.05, 3.63) is 89.0 Å². The molecule has 1 heterocycles. The van der Waals surface area contributed by atoms with Crippen LogP contribution in [-0.4, -0.2) is 26.8 Å². The van der Waals surface area contributed by atoms with Crippen LogP contribution in [0.5, 0.6) is 0 Å². The lowest BCUT2D eigenvalue weighted by molar-refractivity contribution is -0.117. The van der Waals surface area contributed by atoms with Gasteiger partial charge in [-0.15, -0.1) is 0 Å². The molecular weight excluding hydrogens is 450 g/mol. The fourth-order valence-electron chi connectivity index (χ4n) is 3.90. The summed E-state index contributed by atoms with van der Waals surface area (Å²) in [5, 5.41) is 2.86. The first-order valence-corrected chi connectivity index (χ1v) is 12.6. The smallest absolute Gasteiger partial charge is 0.262 e. The highest BCUT2D eigenvalue weighted by molar-refractivity contribution is 7.92. The van der Waals surface area contributed by atoms with E-state index >= 15 is 0 Å². The number of hydrogen-bond acceptors (Lipinski definition) is 4. The maximum Gasteiger partial charge on any atom is 0.262 e. The van der Waals surface area contributed by atoms with Crippen molar-refractivity contribution in [3.63, 3.8) is 0 Å². The number of anilines is 2. The van der Waals surface area contributed by atoms with Crippen LogP contribution < -0.4 is 14.9 Å². The molecule has 0 radical (unpaired) electrons. The van der Waals surface area contributed by atoms with Crippen molar-refractivity contribution in [1.29, 1.82) is 0 Å². The Balaban J connectivity index is 1.36. The number of hydrogen-bond donors (Lipinski definition) is 2. The first-order valence-electron chi connectivity index (χ1n) is 11.1. The summed E-state index contributed by atoms with van der Waals surface area (Å²) in [7, 11) is -3.73. The van der Waals surface area contributed by atoms with E-state index in [1.807, 2.05) is 37.3 Å². The average molecular weight is 478 g/mol. The zero-order valence-electron chi connectivity index (χ0n) is 19.2. The zero-order valence-corrected chi connectivity index (χ0v) is 20.0. The molecule has 3 aromatic rings. The Hall–Kier alpha value is -3.65. The normalized spacial score (nSPS) is 13.7. The molecule has 1 aliphatic heterocycles. The van der Waals surface area contributed by atoms with Gasteiger partial charge in [-0.05, 0) is 79.4 Å².